The lowest BCUT2D eigenvalue weighted by molar-refractivity contribution is 0.266. The predicted octanol–water partition coefficient (Wildman–Crippen LogP) is 6.33. The van der Waals surface area contributed by atoms with Crippen LogP contribution in [0.1, 0.15) is 89.7 Å². The Labute approximate surface area is 246 Å². The van der Waals surface area contributed by atoms with E-state index in [0.717, 1.165) is 49.1 Å². The van der Waals surface area contributed by atoms with E-state index >= 15 is 0 Å². The molecule has 0 radical (unpaired) electrons. The van der Waals surface area contributed by atoms with Crippen molar-refractivity contribution in [2.45, 2.75) is 96.7 Å². The van der Waals surface area contributed by atoms with Crippen molar-refractivity contribution in [3.63, 3.8) is 0 Å². The summed E-state index contributed by atoms with van der Waals surface area (Å²) < 4.78 is 7.24. The van der Waals surface area contributed by atoms with Crippen LogP contribution in [0.4, 0.5) is 11.8 Å². The van der Waals surface area contributed by atoms with E-state index in [1.165, 1.54) is 56.9 Å². The molecule has 10 heteroatoms. The minimum Gasteiger partial charge on any atom is -0.365 e. The van der Waals surface area contributed by atoms with Gasteiger partial charge in [-0.25, -0.2) is 14.8 Å². The molecule has 222 valence electrons. The summed E-state index contributed by atoms with van der Waals surface area (Å²) >= 11 is 0. The lowest BCUT2D eigenvalue weighted by atomic mass is 9.80. The number of H-pyrrole nitrogens is 1. The maximum absolute atomic E-state index is 11.8. The normalized spacial score (nSPS) is 24.0. The molecule has 10 nitrogen and oxygen atoms in total. The molecule has 3 aliphatic rings. The number of hydrogen-bond acceptors (Lipinski definition) is 8. The van der Waals surface area contributed by atoms with Crippen LogP contribution in [0.5, 0.6) is 0 Å². The minimum absolute atomic E-state index is 0.221. The molecule has 0 amide bonds. The third-order valence-electron chi connectivity index (χ3n) is 9.98. The maximum atomic E-state index is 11.8. The molecule has 3 aromatic heterocycles. The molecule has 42 heavy (non-hydrogen) atoms. The number of benzene rings is 1. The summed E-state index contributed by atoms with van der Waals surface area (Å²) in [6.07, 6.45) is 12.1. The zero-order chi connectivity index (χ0) is 28.6. The first-order valence-corrected chi connectivity index (χ1v) is 16.0. The first-order chi connectivity index (χ1) is 20.5. The van der Waals surface area contributed by atoms with Gasteiger partial charge in [0, 0.05) is 19.1 Å². The fraction of sp³-hybridized carbons (Fsp3) is 0.594. The molecule has 3 fully saturated rings. The number of anilines is 2. The monoisotopic (exact) mass is 570 g/mol. The molecule has 2 N–H and O–H groups in total. The summed E-state index contributed by atoms with van der Waals surface area (Å²) in [5, 5.41) is 7.67. The third-order valence-corrected chi connectivity index (χ3v) is 9.98. The van der Waals surface area contributed by atoms with Crippen LogP contribution in [0.3, 0.4) is 0 Å². The van der Waals surface area contributed by atoms with Gasteiger partial charge in [0.2, 0.25) is 17.6 Å². The van der Waals surface area contributed by atoms with Gasteiger partial charge in [-0.05, 0) is 75.2 Å². The number of hydrogen-bond donors (Lipinski definition) is 2. The van der Waals surface area contributed by atoms with Gasteiger partial charge >= 0.3 is 5.76 Å². The van der Waals surface area contributed by atoms with E-state index in [0.29, 0.717) is 23.3 Å². The smallest absolute Gasteiger partial charge is 0.365 e. The molecule has 2 atom stereocenters. The first-order valence-electron chi connectivity index (χ1n) is 16.0. The number of aromatic amines is 1. The van der Waals surface area contributed by atoms with Crippen LogP contribution in [0.15, 0.2) is 39.6 Å². The van der Waals surface area contributed by atoms with E-state index in [4.69, 9.17) is 19.5 Å². The summed E-state index contributed by atoms with van der Waals surface area (Å²) in [6.45, 7) is 6.46. The number of nitrogens with one attached hydrogen (secondary N) is 2. The van der Waals surface area contributed by atoms with Crippen molar-refractivity contribution in [2.75, 3.05) is 16.8 Å². The molecule has 2 aliphatic carbocycles. The van der Waals surface area contributed by atoms with Crippen molar-refractivity contribution in [1.29, 1.82) is 0 Å². The SMILES string of the molecule is CC1CCC(Cn2c(N3CCCC[C@H]3c3ccccc3)nc3nc(-c4noc(=O)[nH]4)nc(N[C@H](C)C4CCC4)c32)CC1. The molecule has 1 aliphatic heterocycles. The lowest BCUT2D eigenvalue weighted by Gasteiger charge is -2.38. The minimum atomic E-state index is -0.622. The molecule has 7 rings (SSSR count). The maximum Gasteiger partial charge on any atom is 0.439 e. The molecule has 0 spiro atoms. The van der Waals surface area contributed by atoms with Gasteiger partial charge < -0.3 is 14.8 Å². The van der Waals surface area contributed by atoms with Gasteiger partial charge in [-0.3, -0.25) is 9.51 Å². The first kappa shape index (κ1) is 27.2. The largest absolute Gasteiger partial charge is 0.439 e. The number of piperidine rings is 1. The van der Waals surface area contributed by atoms with Crippen LogP contribution in [-0.4, -0.2) is 42.2 Å². The number of rotatable bonds is 8. The van der Waals surface area contributed by atoms with E-state index in [-0.39, 0.29) is 17.9 Å². The summed E-state index contributed by atoms with van der Waals surface area (Å²) in [7, 11) is 0. The Bertz CT molecular complexity index is 1560. The Kier molecular flexibility index (Phi) is 7.46. The van der Waals surface area contributed by atoms with Crippen molar-refractivity contribution in [3.8, 4) is 11.6 Å². The number of aromatic nitrogens is 6. The highest BCUT2D eigenvalue weighted by molar-refractivity contribution is 5.87. The molecule has 1 saturated heterocycles. The average molecular weight is 571 g/mol. The number of nitrogens with zero attached hydrogens (tertiary/aromatic N) is 6. The second-order valence-corrected chi connectivity index (χ2v) is 12.9. The predicted molar refractivity (Wildman–Crippen MR) is 163 cm³/mol. The molecule has 4 aromatic rings. The Hall–Kier alpha value is -3.69. The van der Waals surface area contributed by atoms with E-state index in [2.05, 4.69) is 69.1 Å². The van der Waals surface area contributed by atoms with Gasteiger partial charge in [0.15, 0.2) is 11.5 Å². The Morgan fingerprint density at radius 3 is 2.52 bits per heavy atom. The zero-order valence-corrected chi connectivity index (χ0v) is 24.8. The van der Waals surface area contributed by atoms with Gasteiger partial charge in [-0.2, -0.15) is 4.98 Å². The van der Waals surface area contributed by atoms with Gasteiger partial charge in [-0.1, -0.05) is 61.7 Å². The second kappa shape index (κ2) is 11.5. The second-order valence-electron chi connectivity index (χ2n) is 12.9. The highest BCUT2D eigenvalue weighted by Gasteiger charge is 2.33. The summed E-state index contributed by atoms with van der Waals surface area (Å²) in [5.41, 5.74) is 2.90. The van der Waals surface area contributed by atoms with Crippen LogP contribution in [0.2, 0.25) is 0 Å². The van der Waals surface area contributed by atoms with E-state index in [1.54, 1.807) is 0 Å². The van der Waals surface area contributed by atoms with E-state index in [1.807, 2.05) is 0 Å². The molecule has 4 heterocycles. The Morgan fingerprint density at radius 1 is 1.00 bits per heavy atom. The van der Waals surface area contributed by atoms with Crippen molar-refractivity contribution in [1.82, 2.24) is 29.7 Å². The molecule has 0 unspecified atom stereocenters. The van der Waals surface area contributed by atoms with Gasteiger partial charge in [0.1, 0.15) is 5.52 Å². The van der Waals surface area contributed by atoms with Gasteiger partial charge in [0.25, 0.3) is 0 Å². The van der Waals surface area contributed by atoms with Crippen LogP contribution < -0.4 is 16.0 Å². The molecule has 2 saturated carbocycles. The van der Waals surface area contributed by atoms with Gasteiger partial charge in [0.05, 0.1) is 6.04 Å². The van der Waals surface area contributed by atoms with E-state index < -0.39 is 5.76 Å². The van der Waals surface area contributed by atoms with Crippen molar-refractivity contribution in [2.24, 2.45) is 17.8 Å². The van der Waals surface area contributed by atoms with E-state index in [9.17, 15) is 4.79 Å². The average Bonchev–Trinajstić information content (AvgIpc) is 3.57. The highest BCUT2D eigenvalue weighted by Crippen LogP contribution is 2.40. The Balaban J connectivity index is 1.38. The van der Waals surface area contributed by atoms with Crippen molar-refractivity contribution >= 4 is 22.9 Å². The summed E-state index contributed by atoms with van der Waals surface area (Å²) in [5.74, 6) is 3.64. The Morgan fingerprint density at radius 2 is 1.81 bits per heavy atom. The van der Waals surface area contributed by atoms with Gasteiger partial charge in [-0.15, -0.1) is 0 Å². The van der Waals surface area contributed by atoms with Crippen LogP contribution in [0.25, 0.3) is 22.8 Å². The lowest BCUT2D eigenvalue weighted by Crippen LogP contribution is -2.36. The zero-order valence-electron chi connectivity index (χ0n) is 24.8. The quantitative estimate of drug-likeness (QED) is 0.252. The number of fused-ring (bicyclic) bond motifs is 1. The molecule has 0 bridgehead atoms. The van der Waals surface area contributed by atoms with Crippen molar-refractivity contribution < 1.29 is 4.52 Å². The highest BCUT2D eigenvalue weighted by atomic mass is 16.5. The molecular formula is C32H42N8O2. The van der Waals surface area contributed by atoms with Crippen LogP contribution in [0, 0.1) is 17.8 Å². The van der Waals surface area contributed by atoms with Crippen LogP contribution >= 0.6 is 0 Å². The summed E-state index contributed by atoms with van der Waals surface area (Å²) in [6, 6.07) is 11.4. The summed E-state index contributed by atoms with van der Waals surface area (Å²) in [4.78, 5) is 32.1. The molecular weight excluding hydrogens is 528 g/mol. The fourth-order valence-electron chi connectivity index (χ4n) is 7.19. The van der Waals surface area contributed by atoms with Crippen LogP contribution in [-0.2, 0) is 6.54 Å². The topological polar surface area (TPSA) is 118 Å². The third kappa shape index (κ3) is 5.31. The van der Waals surface area contributed by atoms with Crippen molar-refractivity contribution in [3.05, 3.63) is 46.4 Å². The number of imidazole rings is 1. The standard InChI is InChI=1S/C32H42N8O2/c1-20-14-16-22(17-15-20)19-40-26-27(33-21(2)23-11-8-12-23)34-29(30-37-32(41)42-38-30)35-28(26)36-31(40)39-18-7-6-13-25(39)24-9-4-3-5-10-24/h3-5,9-10,20-23,25H,6-8,11-19H2,1-2H3,(H,33,34,35)(H,37,38,41)/t20?,21-,22?,25+/m1/s1. The molecule has 1 aromatic carbocycles. The fourth-order valence-corrected chi connectivity index (χ4v) is 7.19.